The van der Waals surface area contributed by atoms with Gasteiger partial charge in [-0.05, 0) is 39.7 Å². The van der Waals surface area contributed by atoms with Crippen LogP contribution in [-0.2, 0) is 5.75 Å². The first kappa shape index (κ1) is 14.8. The van der Waals surface area contributed by atoms with Gasteiger partial charge in [-0.15, -0.1) is 11.8 Å². The molecule has 0 unspecified atom stereocenters. The number of thioether (sulfide) groups is 1. The molecule has 1 heterocycles. The number of nitrogens with two attached hydrogens (primary N) is 1. The Morgan fingerprint density at radius 2 is 2.20 bits per heavy atom. The van der Waals surface area contributed by atoms with Gasteiger partial charge in [0.05, 0.1) is 5.56 Å². The van der Waals surface area contributed by atoms with Gasteiger partial charge in [0, 0.05) is 16.4 Å². The van der Waals surface area contributed by atoms with Crippen LogP contribution in [0.25, 0.3) is 0 Å². The third-order valence-electron chi connectivity index (χ3n) is 2.55. The highest BCUT2D eigenvalue weighted by molar-refractivity contribution is 9.10. The number of halogens is 2. The van der Waals surface area contributed by atoms with Crippen LogP contribution < -0.4 is 5.73 Å². The summed E-state index contributed by atoms with van der Waals surface area (Å²) in [5.74, 6) is -0.329. The van der Waals surface area contributed by atoms with Gasteiger partial charge in [-0.1, -0.05) is 17.3 Å². The fraction of sp³-hybridized carbons (Fsp3) is 0.0769. The first-order chi connectivity index (χ1) is 9.63. The van der Waals surface area contributed by atoms with Crippen LogP contribution in [0.4, 0.5) is 4.39 Å². The summed E-state index contributed by atoms with van der Waals surface area (Å²) in [4.78, 5) is 4.20. The van der Waals surface area contributed by atoms with Crippen LogP contribution in [0.5, 0.6) is 0 Å². The highest BCUT2D eigenvalue weighted by Gasteiger charge is 2.12. The minimum absolute atomic E-state index is 0.0886. The highest BCUT2D eigenvalue weighted by Crippen LogP contribution is 2.28. The summed E-state index contributed by atoms with van der Waals surface area (Å²) < 4.78 is 15.1. The van der Waals surface area contributed by atoms with Gasteiger partial charge in [-0.25, -0.2) is 9.37 Å². The first-order valence-electron chi connectivity index (χ1n) is 5.62. The number of benzene rings is 1. The van der Waals surface area contributed by atoms with Crippen LogP contribution in [0.15, 0.2) is 51.2 Å². The summed E-state index contributed by atoms with van der Waals surface area (Å²) in [6.45, 7) is 0. The molecule has 0 spiro atoms. The maximum absolute atomic E-state index is 14.2. The Morgan fingerprint density at radius 3 is 2.90 bits per heavy atom. The number of hydrogen-bond donors (Lipinski definition) is 2. The predicted molar refractivity (Wildman–Crippen MR) is 80.4 cm³/mol. The Bertz CT molecular complexity index is 651. The Morgan fingerprint density at radius 1 is 1.40 bits per heavy atom. The SMILES string of the molecule is N/C(=N/O)c1cccc(CSc2ncccc2Br)c1F. The van der Waals surface area contributed by atoms with E-state index < -0.39 is 5.82 Å². The molecule has 0 atom stereocenters. The maximum atomic E-state index is 14.2. The Labute approximate surface area is 128 Å². The molecule has 1 aromatic heterocycles. The molecule has 0 aliphatic heterocycles. The monoisotopic (exact) mass is 355 g/mol. The zero-order valence-electron chi connectivity index (χ0n) is 10.3. The van der Waals surface area contributed by atoms with Gasteiger partial charge < -0.3 is 10.9 Å². The molecule has 3 N–H and O–H groups in total. The van der Waals surface area contributed by atoms with E-state index in [1.54, 1.807) is 18.3 Å². The second-order valence-corrected chi connectivity index (χ2v) is 5.66. The van der Waals surface area contributed by atoms with Gasteiger partial charge in [0.2, 0.25) is 0 Å². The molecule has 0 aliphatic rings. The van der Waals surface area contributed by atoms with Gasteiger partial charge in [0.15, 0.2) is 5.84 Å². The van der Waals surface area contributed by atoms with Crippen LogP contribution in [0, 0.1) is 5.82 Å². The third kappa shape index (κ3) is 3.29. The number of rotatable bonds is 4. The highest BCUT2D eigenvalue weighted by atomic mass is 79.9. The standard InChI is InChI=1S/C13H11BrFN3OS/c14-10-5-2-6-17-13(10)20-7-8-3-1-4-9(11(8)15)12(16)18-19/h1-6,19H,7H2,(H2,16,18). The average molecular weight is 356 g/mol. The number of amidine groups is 1. The van der Waals surface area contributed by atoms with Crippen molar-refractivity contribution in [1.29, 1.82) is 0 Å². The summed E-state index contributed by atoms with van der Waals surface area (Å²) in [5, 5.41) is 12.2. The minimum Gasteiger partial charge on any atom is -0.409 e. The molecule has 1 aromatic carbocycles. The van der Waals surface area contributed by atoms with Crippen LogP contribution in [0.1, 0.15) is 11.1 Å². The van der Waals surface area contributed by atoms with Crippen LogP contribution in [0.3, 0.4) is 0 Å². The summed E-state index contributed by atoms with van der Waals surface area (Å²) in [6, 6.07) is 8.48. The first-order valence-corrected chi connectivity index (χ1v) is 7.40. The van der Waals surface area contributed by atoms with Gasteiger partial charge in [-0.2, -0.15) is 0 Å². The molecule has 2 rings (SSSR count). The van der Waals surface area contributed by atoms with Crippen molar-refractivity contribution in [3.8, 4) is 0 Å². The van der Waals surface area contributed by atoms with E-state index in [2.05, 4.69) is 26.1 Å². The Kier molecular flexibility index (Phi) is 4.97. The lowest BCUT2D eigenvalue weighted by atomic mass is 10.1. The molecular weight excluding hydrogens is 345 g/mol. The van der Waals surface area contributed by atoms with E-state index in [1.165, 1.54) is 17.8 Å². The van der Waals surface area contributed by atoms with Gasteiger partial charge >= 0.3 is 0 Å². The third-order valence-corrected chi connectivity index (χ3v) is 4.51. The van der Waals surface area contributed by atoms with E-state index in [4.69, 9.17) is 10.9 Å². The second kappa shape index (κ2) is 6.71. The van der Waals surface area contributed by atoms with E-state index in [0.29, 0.717) is 11.3 Å². The Hall–Kier alpha value is -1.60. The molecule has 7 heteroatoms. The molecule has 0 saturated heterocycles. The molecule has 0 saturated carbocycles. The van der Waals surface area contributed by atoms with Gasteiger partial charge in [0.25, 0.3) is 0 Å². The van der Waals surface area contributed by atoms with Crippen molar-refractivity contribution in [2.75, 3.05) is 0 Å². The van der Waals surface area contributed by atoms with Crippen molar-refractivity contribution >= 4 is 33.5 Å². The maximum Gasteiger partial charge on any atom is 0.173 e. The van der Waals surface area contributed by atoms with E-state index in [0.717, 1.165) is 9.50 Å². The molecule has 20 heavy (non-hydrogen) atoms. The van der Waals surface area contributed by atoms with Crippen LogP contribution in [-0.4, -0.2) is 16.0 Å². The quantitative estimate of drug-likeness (QED) is 0.290. The van der Waals surface area contributed by atoms with Crippen LogP contribution in [0.2, 0.25) is 0 Å². The fourth-order valence-corrected chi connectivity index (χ4v) is 3.02. The molecule has 0 amide bonds. The normalized spacial score (nSPS) is 11.6. The van der Waals surface area contributed by atoms with Crippen molar-refractivity contribution in [3.05, 3.63) is 57.9 Å². The van der Waals surface area contributed by atoms with Crippen molar-refractivity contribution in [2.45, 2.75) is 10.8 Å². The fourth-order valence-electron chi connectivity index (χ4n) is 1.57. The van der Waals surface area contributed by atoms with Crippen molar-refractivity contribution < 1.29 is 9.60 Å². The van der Waals surface area contributed by atoms with Gasteiger partial charge in [-0.3, -0.25) is 0 Å². The minimum atomic E-state index is -0.484. The lowest BCUT2D eigenvalue weighted by Gasteiger charge is -2.07. The van der Waals surface area contributed by atoms with E-state index >= 15 is 0 Å². The summed E-state index contributed by atoms with van der Waals surface area (Å²) in [6.07, 6.45) is 1.68. The van der Waals surface area contributed by atoms with E-state index in [1.807, 2.05) is 12.1 Å². The molecule has 0 aliphatic carbocycles. The number of pyridine rings is 1. The average Bonchev–Trinajstić information content (AvgIpc) is 2.47. The topological polar surface area (TPSA) is 71.5 Å². The Balaban J connectivity index is 2.21. The van der Waals surface area contributed by atoms with Crippen molar-refractivity contribution in [3.63, 3.8) is 0 Å². The smallest absolute Gasteiger partial charge is 0.173 e. The predicted octanol–water partition coefficient (Wildman–Crippen LogP) is 3.37. The molecule has 0 radical (unpaired) electrons. The molecular formula is C13H11BrFN3OS. The second-order valence-electron chi connectivity index (χ2n) is 3.84. The molecule has 4 nitrogen and oxygen atoms in total. The molecule has 0 bridgehead atoms. The van der Waals surface area contributed by atoms with E-state index in [-0.39, 0.29) is 11.4 Å². The lowest BCUT2D eigenvalue weighted by Crippen LogP contribution is -2.15. The number of hydrogen-bond acceptors (Lipinski definition) is 4. The van der Waals surface area contributed by atoms with Crippen molar-refractivity contribution in [2.24, 2.45) is 10.9 Å². The zero-order chi connectivity index (χ0) is 14.5. The molecule has 0 fully saturated rings. The van der Waals surface area contributed by atoms with Gasteiger partial charge in [0.1, 0.15) is 10.8 Å². The largest absolute Gasteiger partial charge is 0.409 e. The van der Waals surface area contributed by atoms with Crippen molar-refractivity contribution in [1.82, 2.24) is 4.98 Å². The van der Waals surface area contributed by atoms with E-state index in [9.17, 15) is 4.39 Å². The van der Waals surface area contributed by atoms with Crippen LogP contribution >= 0.6 is 27.7 Å². The lowest BCUT2D eigenvalue weighted by molar-refractivity contribution is 0.318. The summed E-state index contributed by atoms with van der Waals surface area (Å²) >= 11 is 4.79. The summed E-state index contributed by atoms with van der Waals surface area (Å²) in [5.41, 5.74) is 5.99. The zero-order valence-corrected chi connectivity index (χ0v) is 12.7. The molecule has 104 valence electrons. The number of nitrogens with zero attached hydrogens (tertiary/aromatic N) is 2. The molecule has 2 aromatic rings. The number of aromatic nitrogens is 1. The number of oxime groups is 1. The summed E-state index contributed by atoms with van der Waals surface area (Å²) in [7, 11) is 0.